The summed E-state index contributed by atoms with van der Waals surface area (Å²) in [6.45, 7) is 1.99. The van der Waals surface area contributed by atoms with E-state index in [9.17, 15) is 9.90 Å². The van der Waals surface area contributed by atoms with Gasteiger partial charge < -0.3 is 5.11 Å². The molecule has 2 atom stereocenters. The van der Waals surface area contributed by atoms with Crippen LogP contribution >= 0.6 is 23.2 Å². The van der Waals surface area contributed by atoms with Gasteiger partial charge in [-0.1, -0.05) is 60.5 Å². The predicted octanol–water partition coefficient (Wildman–Crippen LogP) is 5.05. The third-order valence-corrected chi connectivity index (χ3v) is 4.99. The van der Waals surface area contributed by atoms with Crippen LogP contribution in [0.15, 0.2) is 36.4 Å². The highest BCUT2D eigenvalue weighted by Crippen LogP contribution is 2.50. The van der Waals surface area contributed by atoms with Crippen LogP contribution < -0.4 is 0 Å². The van der Waals surface area contributed by atoms with E-state index in [2.05, 4.69) is 0 Å². The first-order valence-electron chi connectivity index (χ1n) is 6.86. The molecule has 1 N–H and O–H groups in total. The van der Waals surface area contributed by atoms with Crippen LogP contribution in [0.4, 0.5) is 0 Å². The molecule has 0 heterocycles. The minimum absolute atomic E-state index is 0.00764. The van der Waals surface area contributed by atoms with Gasteiger partial charge in [0.05, 0.1) is 5.02 Å². The van der Waals surface area contributed by atoms with Crippen molar-refractivity contribution in [2.75, 3.05) is 0 Å². The van der Waals surface area contributed by atoms with Gasteiger partial charge in [-0.25, -0.2) is 0 Å². The number of hydrogen-bond donors (Lipinski definition) is 1. The highest BCUT2D eigenvalue weighted by Gasteiger charge is 2.41. The van der Waals surface area contributed by atoms with Gasteiger partial charge in [0.1, 0.15) is 10.8 Å². The maximum atomic E-state index is 12.7. The van der Waals surface area contributed by atoms with E-state index < -0.39 is 0 Å². The number of rotatable bonds is 2. The number of ketones is 1. The first kappa shape index (κ1) is 14.4. The third kappa shape index (κ3) is 2.14. The number of carbonyl (C=O) groups is 1. The molecule has 2 aromatic rings. The van der Waals surface area contributed by atoms with Crippen molar-refractivity contribution in [3.8, 4) is 5.75 Å². The van der Waals surface area contributed by atoms with Crippen molar-refractivity contribution in [2.24, 2.45) is 5.92 Å². The number of phenols is 1. The van der Waals surface area contributed by atoms with Crippen LogP contribution in [0.2, 0.25) is 10.0 Å². The SMILES string of the molecule is CC[C@H]1C(=O)c2c(cc(O)c(Cl)c2Cl)[C@@H]1c1ccccc1. The fraction of sp³-hybridized carbons (Fsp3) is 0.235. The van der Waals surface area contributed by atoms with Gasteiger partial charge in [-0.15, -0.1) is 0 Å². The van der Waals surface area contributed by atoms with Crippen LogP contribution in [-0.4, -0.2) is 10.9 Å². The lowest BCUT2D eigenvalue weighted by Crippen LogP contribution is -2.13. The van der Waals surface area contributed by atoms with E-state index in [0.717, 1.165) is 11.1 Å². The largest absolute Gasteiger partial charge is 0.506 e. The molecule has 2 aromatic carbocycles. The van der Waals surface area contributed by atoms with Crippen molar-refractivity contribution in [1.29, 1.82) is 0 Å². The Kier molecular flexibility index (Phi) is 3.68. The Morgan fingerprint density at radius 3 is 2.43 bits per heavy atom. The van der Waals surface area contributed by atoms with Crippen molar-refractivity contribution in [2.45, 2.75) is 19.3 Å². The summed E-state index contributed by atoms with van der Waals surface area (Å²) in [6.07, 6.45) is 0.710. The van der Waals surface area contributed by atoms with Gasteiger partial charge in [0, 0.05) is 17.4 Å². The van der Waals surface area contributed by atoms with Crippen molar-refractivity contribution >= 4 is 29.0 Å². The fourth-order valence-corrected chi connectivity index (χ4v) is 3.62. The molecule has 0 fully saturated rings. The van der Waals surface area contributed by atoms with Crippen LogP contribution in [0.25, 0.3) is 0 Å². The zero-order valence-electron chi connectivity index (χ0n) is 11.4. The minimum Gasteiger partial charge on any atom is -0.506 e. The fourth-order valence-electron chi connectivity index (χ4n) is 3.17. The number of Topliss-reactive ketones (excluding diaryl/α,β-unsaturated/α-hetero) is 1. The highest BCUT2D eigenvalue weighted by atomic mass is 35.5. The first-order valence-corrected chi connectivity index (χ1v) is 7.61. The molecule has 0 saturated heterocycles. The maximum absolute atomic E-state index is 12.7. The molecule has 0 radical (unpaired) electrons. The molecule has 0 saturated carbocycles. The second kappa shape index (κ2) is 5.36. The molecule has 3 rings (SSSR count). The standard InChI is InChI=1S/C17H14Cl2O2/c1-2-10-13(9-6-4-3-5-7-9)11-8-12(20)15(18)16(19)14(11)17(10)21/h3-8,10,13,20H,2H2,1H3/t10-,13-/m1/s1. The molecule has 0 aromatic heterocycles. The van der Waals surface area contributed by atoms with E-state index in [1.165, 1.54) is 0 Å². The molecule has 21 heavy (non-hydrogen) atoms. The average molecular weight is 321 g/mol. The van der Waals surface area contributed by atoms with Gasteiger partial charge in [0.15, 0.2) is 5.78 Å². The molecule has 108 valence electrons. The molecular formula is C17H14Cl2O2. The molecule has 0 bridgehead atoms. The van der Waals surface area contributed by atoms with Crippen molar-refractivity contribution in [3.05, 3.63) is 63.1 Å². The molecule has 1 aliphatic rings. The molecular weight excluding hydrogens is 307 g/mol. The zero-order chi connectivity index (χ0) is 15.1. The molecule has 1 aliphatic carbocycles. The number of halogens is 2. The second-order valence-electron chi connectivity index (χ2n) is 5.26. The number of hydrogen-bond acceptors (Lipinski definition) is 2. The number of aromatic hydroxyl groups is 1. The molecule has 0 amide bonds. The Bertz CT molecular complexity index is 710. The smallest absolute Gasteiger partial charge is 0.168 e. The normalized spacial score (nSPS) is 20.6. The van der Waals surface area contributed by atoms with Gasteiger partial charge in [0.25, 0.3) is 0 Å². The van der Waals surface area contributed by atoms with Gasteiger partial charge in [0.2, 0.25) is 0 Å². The topological polar surface area (TPSA) is 37.3 Å². The van der Waals surface area contributed by atoms with Crippen molar-refractivity contribution in [3.63, 3.8) is 0 Å². The first-order chi connectivity index (χ1) is 10.1. The Labute approximate surface area is 133 Å². The lowest BCUT2D eigenvalue weighted by Gasteiger charge is -2.18. The van der Waals surface area contributed by atoms with Crippen LogP contribution in [0.1, 0.15) is 40.7 Å². The van der Waals surface area contributed by atoms with E-state index in [-0.39, 0.29) is 33.4 Å². The number of carbonyl (C=O) groups excluding carboxylic acids is 1. The van der Waals surface area contributed by atoms with Crippen LogP contribution in [0, 0.1) is 5.92 Å². The summed E-state index contributed by atoms with van der Waals surface area (Å²) in [4.78, 5) is 12.7. The van der Waals surface area contributed by atoms with Crippen molar-refractivity contribution < 1.29 is 9.90 Å². The van der Waals surface area contributed by atoms with E-state index in [1.54, 1.807) is 6.07 Å². The van der Waals surface area contributed by atoms with Crippen LogP contribution in [-0.2, 0) is 0 Å². The van der Waals surface area contributed by atoms with Crippen LogP contribution in [0.3, 0.4) is 0 Å². The van der Waals surface area contributed by atoms with Gasteiger partial charge in [-0.2, -0.15) is 0 Å². The number of phenolic OH excluding ortho intramolecular Hbond substituents is 1. The number of benzene rings is 2. The summed E-state index contributed by atoms with van der Waals surface area (Å²) in [5.41, 5.74) is 2.28. The lowest BCUT2D eigenvalue weighted by molar-refractivity contribution is 0.0926. The molecule has 2 nitrogen and oxygen atoms in total. The monoisotopic (exact) mass is 320 g/mol. The minimum atomic E-state index is -0.169. The summed E-state index contributed by atoms with van der Waals surface area (Å²) in [5.74, 6) is -0.323. The summed E-state index contributed by atoms with van der Waals surface area (Å²) < 4.78 is 0. The van der Waals surface area contributed by atoms with Gasteiger partial charge in [-0.3, -0.25) is 4.79 Å². The van der Waals surface area contributed by atoms with Crippen molar-refractivity contribution in [1.82, 2.24) is 0 Å². The van der Waals surface area contributed by atoms with E-state index in [1.807, 2.05) is 37.3 Å². The van der Waals surface area contributed by atoms with Gasteiger partial charge in [-0.05, 0) is 23.6 Å². The Morgan fingerprint density at radius 2 is 1.81 bits per heavy atom. The Morgan fingerprint density at radius 1 is 1.14 bits per heavy atom. The van der Waals surface area contributed by atoms with E-state index in [0.29, 0.717) is 12.0 Å². The summed E-state index contributed by atoms with van der Waals surface area (Å²) in [7, 11) is 0. The Hall–Kier alpha value is -1.51. The van der Waals surface area contributed by atoms with E-state index in [4.69, 9.17) is 23.2 Å². The van der Waals surface area contributed by atoms with Crippen LogP contribution in [0.5, 0.6) is 5.75 Å². The van der Waals surface area contributed by atoms with Gasteiger partial charge >= 0.3 is 0 Å². The quantitative estimate of drug-likeness (QED) is 0.840. The zero-order valence-corrected chi connectivity index (χ0v) is 12.9. The average Bonchev–Trinajstić information content (AvgIpc) is 2.77. The predicted molar refractivity (Wildman–Crippen MR) is 84.5 cm³/mol. The molecule has 4 heteroatoms. The second-order valence-corrected chi connectivity index (χ2v) is 6.01. The lowest BCUT2D eigenvalue weighted by atomic mass is 9.84. The summed E-state index contributed by atoms with van der Waals surface area (Å²) >= 11 is 12.2. The Balaban J connectivity index is 2.26. The third-order valence-electron chi connectivity index (χ3n) is 4.14. The summed E-state index contributed by atoms with van der Waals surface area (Å²) in [5, 5.41) is 10.2. The molecule has 0 unspecified atom stereocenters. The highest BCUT2D eigenvalue weighted by molar-refractivity contribution is 6.45. The summed E-state index contributed by atoms with van der Waals surface area (Å²) in [6, 6.07) is 11.4. The van der Waals surface area contributed by atoms with E-state index >= 15 is 0 Å². The number of fused-ring (bicyclic) bond motifs is 1. The molecule has 0 spiro atoms. The molecule has 0 aliphatic heterocycles. The maximum Gasteiger partial charge on any atom is 0.168 e.